The van der Waals surface area contributed by atoms with Crippen molar-refractivity contribution in [3.63, 3.8) is 0 Å². The molecule has 1 aromatic rings. The first-order chi connectivity index (χ1) is 8.29. The Labute approximate surface area is 117 Å². The van der Waals surface area contributed by atoms with E-state index < -0.39 is 10.0 Å². The van der Waals surface area contributed by atoms with Gasteiger partial charge in [-0.15, -0.1) is 6.58 Å². The van der Waals surface area contributed by atoms with Gasteiger partial charge in [0.25, 0.3) is 0 Å². The normalized spacial score (nSPS) is 13.3. The Balaban J connectivity index is 3.13. The number of sulfonamides is 1. The molecule has 0 aliphatic heterocycles. The largest absolute Gasteiger partial charge is 0.396 e. The van der Waals surface area contributed by atoms with Crippen LogP contribution in [0.3, 0.4) is 0 Å². The van der Waals surface area contributed by atoms with Crippen molar-refractivity contribution in [1.82, 2.24) is 4.72 Å². The van der Waals surface area contributed by atoms with E-state index in [1.807, 2.05) is 0 Å². The Morgan fingerprint density at radius 3 is 2.67 bits per heavy atom. The molecular formula is C11H14Cl2N2O2S. The first-order valence-corrected chi connectivity index (χ1v) is 7.40. The van der Waals surface area contributed by atoms with Crippen LogP contribution in [0.25, 0.3) is 0 Å². The van der Waals surface area contributed by atoms with E-state index in [1.54, 1.807) is 13.0 Å². The highest BCUT2D eigenvalue weighted by Gasteiger charge is 2.22. The van der Waals surface area contributed by atoms with Crippen LogP contribution in [-0.2, 0) is 10.0 Å². The number of nitrogens with two attached hydrogens (primary N) is 1. The second-order valence-corrected chi connectivity index (χ2v) is 6.29. The zero-order chi connectivity index (χ0) is 13.9. The summed E-state index contributed by atoms with van der Waals surface area (Å²) in [5.41, 5.74) is 5.65. The van der Waals surface area contributed by atoms with Gasteiger partial charge in [0, 0.05) is 6.04 Å². The average molecular weight is 309 g/mol. The third-order valence-corrected chi connectivity index (χ3v) is 4.74. The van der Waals surface area contributed by atoms with Crippen molar-refractivity contribution >= 4 is 38.9 Å². The van der Waals surface area contributed by atoms with E-state index in [0.29, 0.717) is 6.42 Å². The lowest BCUT2D eigenvalue weighted by atomic mass is 10.3. The molecule has 0 aromatic heterocycles. The number of nitrogen functional groups attached to an aromatic ring is 1. The predicted octanol–water partition coefficient (Wildman–Crippen LogP) is 2.82. The van der Waals surface area contributed by atoms with E-state index in [-0.39, 0.29) is 26.7 Å². The summed E-state index contributed by atoms with van der Waals surface area (Å²) in [6.45, 7) is 5.28. The van der Waals surface area contributed by atoms with Crippen LogP contribution >= 0.6 is 23.2 Å². The van der Waals surface area contributed by atoms with E-state index in [4.69, 9.17) is 28.9 Å². The maximum atomic E-state index is 12.1. The van der Waals surface area contributed by atoms with Gasteiger partial charge in [-0.05, 0) is 25.5 Å². The minimum atomic E-state index is -3.72. The van der Waals surface area contributed by atoms with E-state index in [1.165, 1.54) is 12.1 Å². The monoisotopic (exact) mass is 308 g/mol. The second-order valence-electron chi connectivity index (χ2n) is 3.82. The molecule has 0 amide bonds. The summed E-state index contributed by atoms with van der Waals surface area (Å²) < 4.78 is 26.6. The molecule has 0 bridgehead atoms. The number of anilines is 1. The van der Waals surface area contributed by atoms with Crippen LogP contribution in [0.5, 0.6) is 0 Å². The number of nitrogens with one attached hydrogen (secondary N) is 1. The van der Waals surface area contributed by atoms with Gasteiger partial charge in [-0.25, -0.2) is 13.1 Å². The summed E-state index contributed by atoms with van der Waals surface area (Å²) in [5, 5.41) is 0.152. The highest BCUT2D eigenvalue weighted by Crippen LogP contribution is 2.33. The molecule has 1 atom stereocenters. The van der Waals surface area contributed by atoms with Gasteiger partial charge in [-0.2, -0.15) is 0 Å². The number of halogens is 2. The molecule has 0 fully saturated rings. The van der Waals surface area contributed by atoms with Gasteiger partial charge in [-0.1, -0.05) is 29.3 Å². The summed E-state index contributed by atoms with van der Waals surface area (Å²) in [5.74, 6) is 0. The molecule has 7 heteroatoms. The number of hydrogen-bond acceptors (Lipinski definition) is 3. The zero-order valence-electron chi connectivity index (χ0n) is 9.78. The van der Waals surface area contributed by atoms with Crippen LogP contribution < -0.4 is 10.5 Å². The standard InChI is InChI=1S/C11H14Cl2N2O2S/c1-3-4-7(2)15-18(16,17)9-6-5-8(12)11(14)10(9)13/h3,5-7,15H,1,4,14H2,2H3. The predicted molar refractivity (Wildman–Crippen MR) is 75.5 cm³/mol. The fraction of sp³-hybridized carbons (Fsp3) is 0.273. The highest BCUT2D eigenvalue weighted by molar-refractivity contribution is 7.89. The van der Waals surface area contributed by atoms with E-state index in [0.717, 1.165) is 0 Å². The van der Waals surface area contributed by atoms with E-state index >= 15 is 0 Å². The molecule has 1 rings (SSSR count). The van der Waals surface area contributed by atoms with Crippen molar-refractivity contribution in [3.8, 4) is 0 Å². The molecule has 3 N–H and O–H groups in total. The summed E-state index contributed by atoms with van der Waals surface area (Å²) >= 11 is 11.6. The Kier molecular flexibility index (Phi) is 5.04. The van der Waals surface area contributed by atoms with Crippen molar-refractivity contribution in [2.75, 3.05) is 5.73 Å². The SMILES string of the molecule is C=CCC(C)NS(=O)(=O)c1ccc(Cl)c(N)c1Cl. The van der Waals surface area contributed by atoms with Crippen molar-refractivity contribution in [2.45, 2.75) is 24.3 Å². The Morgan fingerprint density at radius 2 is 2.11 bits per heavy atom. The lowest BCUT2D eigenvalue weighted by Gasteiger charge is -2.14. The van der Waals surface area contributed by atoms with Gasteiger partial charge in [0.2, 0.25) is 10.0 Å². The van der Waals surface area contributed by atoms with E-state index in [2.05, 4.69) is 11.3 Å². The molecule has 4 nitrogen and oxygen atoms in total. The summed E-state index contributed by atoms with van der Waals surface area (Å²) in [6, 6.07) is 2.44. The van der Waals surface area contributed by atoms with Crippen LogP contribution in [0.2, 0.25) is 10.0 Å². The van der Waals surface area contributed by atoms with Gasteiger partial charge >= 0.3 is 0 Å². The molecule has 1 unspecified atom stereocenters. The summed E-state index contributed by atoms with van der Waals surface area (Å²) in [7, 11) is -3.72. The van der Waals surface area contributed by atoms with Crippen LogP contribution in [-0.4, -0.2) is 14.5 Å². The molecule has 0 aliphatic carbocycles. The smallest absolute Gasteiger partial charge is 0.242 e. The molecule has 1 aromatic carbocycles. The molecule has 0 saturated carbocycles. The molecule has 100 valence electrons. The molecule has 18 heavy (non-hydrogen) atoms. The molecular weight excluding hydrogens is 295 g/mol. The van der Waals surface area contributed by atoms with Gasteiger partial charge in [0.15, 0.2) is 0 Å². The summed E-state index contributed by atoms with van der Waals surface area (Å²) in [4.78, 5) is -0.0815. The van der Waals surface area contributed by atoms with Gasteiger partial charge in [0.1, 0.15) is 4.90 Å². The minimum absolute atomic E-state index is 0.0533. The van der Waals surface area contributed by atoms with Gasteiger partial charge in [0.05, 0.1) is 15.7 Å². The maximum Gasteiger partial charge on any atom is 0.242 e. The molecule has 0 radical (unpaired) electrons. The van der Waals surface area contributed by atoms with Gasteiger partial charge < -0.3 is 5.73 Å². The van der Waals surface area contributed by atoms with Crippen LogP contribution in [0.1, 0.15) is 13.3 Å². The molecule has 0 aliphatic rings. The quantitative estimate of drug-likeness (QED) is 0.649. The maximum absolute atomic E-state index is 12.1. The van der Waals surface area contributed by atoms with Crippen LogP contribution in [0.15, 0.2) is 29.7 Å². The first-order valence-electron chi connectivity index (χ1n) is 5.16. The summed E-state index contributed by atoms with van der Waals surface area (Å²) in [6.07, 6.45) is 2.14. The van der Waals surface area contributed by atoms with Crippen molar-refractivity contribution in [3.05, 3.63) is 34.8 Å². The fourth-order valence-electron chi connectivity index (χ4n) is 1.38. The Morgan fingerprint density at radius 1 is 1.50 bits per heavy atom. The first kappa shape index (κ1) is 15.3. The van der Waals surface area contributed by atoms with Crippen LogP contribution in [0, 0.1) is 0 Å². The average Bonchev–Trinajstić information content (AvgIpc) is 2.25. The fourth-order valence-corrected chi connectivity index (χ4v) is 3.40. The van der Waals surface area contributed by atoms with E-state index in [9.17, 15) is 8.42 Å². The Bertz CT molecular complexity index is 558. The van der Waals surface area contributed by atoms with Gasteiger partial charge in [-0.3, -0.25) is 0 Å². The molecule has 0 heterocycles. The van der Waals surface area contributed by atoms with Crippen LogP contribution in [0.4, 0.5) is 5.69 Å². The Hall–Kier alpha value is -0.750. The number of benzene rings is 1. The second kappa shape index (κ2) is 5.93. The number of hydrogen-bond donors (Lipinski definition) is 2. The lowest BCUT2D eigenvalue weighted by molar-refractivity contribution is 0.562. The lowest BCUT2D eigenvalue weighted by Crippen LogP contribution is -2.32. The molecule has 0 spiro atoms. The zero-order valence-corrected chi connectivity index (χ0v) is 12.1. The highest BCUT2D eigenvalue weighted by atomic mass is 35.5. The third kappa shape index (κ3) is 3.38. The van der Waals surface area contributed by atoms with Crippen molar-refractivity contribution in [1.29, 1.82) is 0 Å². The van der Waals surface area contributed by atoms with Crippen molar-refractivity contribution in [2.24, 2.45) is 0 Å². The van der Waals surface area contributed by atoms with Crippen molar-refractivity contribution < 1.29 is 8.42 Å². The minimum Gasteiger partial charge on any atom is -0.396 e. The molecule has 0 saturated heterocycles. The number of rotatable bonds is 5. The third-order valence-electron chi connectivity index (χ3n) is 2.26. The topological polar surface area (TPSA) is 72.2 Å².